The average Bonchev–Trinajstić information content (AvgIpc) is 2.96. The van der Waals surface area contributed by atoms with Gasteiger partial charge in [-0.25, -0.2) is 23.1 Å². The van der Waals surface area contributed by atoms with Crippen LogP contribution in [0.25, 0.3) is 11.3 Å². The molecule has 0 fully saturated rings. The molecule has 2 aromatic heterocycles. The Kier molecular flexibility index (Phi) is 4.06. The van der Waals surface area contributed by atoms with Crippen molar-refractivity contribution in [3.8, 4) is 11.3 Å². The molecule has 0 aliphatic carbocycles. The van der Waals surface area contributed by atoms with Gasteiger partial charge < -0.3 is 0 Å². The van der Waals surface area contributed by atoms with E-state index in [9.17, 15) is 8.42 Å². The van der Waals surface area contributed by atoms with Gasteiger partial charge in [-0.15, -0.1) is 0 Å². The second kappa shape index (κ2) is 6.04. The Labute approximate surface area is 140 Å². The number of anilines is 1. The van der Waals surface area contributed by atoms with Crippen LogP contribution in [0.15, 0.2) is 47.8 Å². The summed E-state index contributed by atoms with van der Waals surface area (Å²) in [5, 5.41) is 4.08. The molecule has 0 unspecified atom stereocenters. The van der Waals surface area contributed by atoms with Gasteiger partial charge in [-0.1, -0.05) is 12.1 Å². The van der Waals surface area contributed by atoms with E-state index in [-0.39, 0.29) is 10.8 Å². The summed E-state index contributed by atoms with van der Waals surface area (Å²) in [4.78, 5) is 8.49. The molecular formula is C16H17N5O2S. The Balaban J connectivity index is 1.94. The summed E-state index contributed by atoms with van der Waals surface area (Å²) in [6.45, 7) is 3.60. The van der Waals surface area contributed by atoms with Gasteiger partial charge in [0.25, 0.3) is 10.0 Å². The van der Waals surface area contributed by atoms with Crippen LogP contribution >= 0.6 is 0 Å². The molecule has 1 aromatic carbocycles. The molecule has 1 N–H and O–H groups in total. The van der Waals surface area contributed by atoms with Crippen molar-refractivity contribution in [3.63, 3.8) is 0 Å². The number of hydrogen-bond donors (Lipinski definition) is 1. The first kappa shape index (κ1) is 16.1. The molecule has 7 nitrogen and oxygen atoms in total. The number of sulfonamides is 1. The van der Waals surface area contributed by atoms with Crippen LogP contribution < -0.4 is 4.72 Å². The van der Waals surface area contributed by atoms with Gasteiger partial charge in [-0.3, -0.25) is 4.68 Å². The molecule has 0 radical (unpaired) electrons. The van der Waals surface area contributed by atoms with Crippen LogP contribution in [0.3, 0.4) is 0 Å². The minimum Gasteiger partial charge on any atom is -0.275 e. The highest BCUT2D eigenvalue weighted by molar-refractivity contribution is 7.92. The molecule has 3 rings (SSSR count). The van der Waals surface area contributed by atoms with Gasteiger partial charge in [0.15, 0.2) is 0 Å². The maximum Gasteiger partial charge on any atom is 0.264 e. The van der Waals surface area contributed by atoms with Crippen LogP contribution in [0.1, 0.15) is 11.1 Å². The number of hydrogen-bond acceptors (Lipinski definition) is 5. The van der Waals surface area contributed by atoms with Crippen molar-refractivity contribution in [2.24, 2.45) is 7.05 Å². The molecule has 0 amide bonds. The SMILES string of the molecule is Cc1ccc(C)c(S(=O)(=O)Nc2nccc(-c3cnn(C)c3)n2)c1. The largest absolute Gasteiger partial charge is 0.275 e. The smallest absolute Gasteiger partial charge is 0.264 e. The Morgan fingerprint density at radius 1 is 1.17 bits per heavy atom. The number of benzene rings is 1. The lowest BCUT2D eigenvalue weighted by Gasteiger charge is -2.10. The molecule has 8 heteroatoms. The Morgan fingerprint density at radius 2 is 1.96 bits per heavy atom. The predicted molar refractivity (Wildman–Crippen MR) is 91.0 cm³/mol. The Morgan fingerprint density at radius 3 is 2.67 bits per heavy atom. The molecule has 0 saturated heterocycles. The highest BCUT2D eigenvalue weighted by Gasteiger charge is 2.18. The van der Waals surface area contributed by atoms with Gasteiger partial charge in [-0.2, -0.15) is 5.10 Å². The van der Waals surface area contributed by atoms with Crippen LogP contribution in [0, 0.1) is 13.8 Å². The molecule has 24 heavy (non-hydrogen) atoms. The molecule has 0 aliphatic heterocycles. The zero-order chi connectivity index (χ0) is 17.3. The zero-order valence-electron chi connectivity index (χ0n) is 13.6. The normalized spacial score (nSPS) is 11.5. The monoisotopic (exact) mass is 343 g/mol. The van der Waals surface area contributed by atoms with E-state index < -0.39 is 10.0 Å². The summed E-state index contributed by atoms with van der Waals surface area (Å²) in [6, 6.07) is 6.97. The van der Waals surface area contributed by atoms with E-state index in [2.05, 4.69) is 19.8 Å². The van der Waals surface area contributed by atoms with Crippen LogP contribution in [0.2, 0.25) is 0 Å². The van der Waals surface area contributed by atoms with Gasteiger partial charge in [0.2, 0.25) is 5.95 Å². The molecule has 0 atom stereocenters. The lowest BCUT2D eigenvalue weighted by atomic mass is 10.2. The molecule has 3 aromatic rings. The summed E-state index contributed by atoms with van der Waals surface area (Å²) >= 11 is 0. The first-order chi connectivity index (χ1) is 11.3. The van der Waals surface area contributed by atoms with E-state index in [1.807, 2.05) is 13.0 Å². The van der Waals surface area contributed by atoms with Crippen LogP contribution in [-0.2, 0) is 17.1 Å². The van der Waals surface area contributed by atoms with Crippen LogP contribution in [0.5, 0.6) is 0 Å². The molecule has 2 heterocycles. The van der Waals surface area contributed by atoms with Crippen molar-refractivity contribution >= 4 is 16.0 Å². The van der Waals surface area contributed by atoms with E-state index >= 15 is 0 Å². The van der Waals surface area contributed by atoms with E-state index in [1.54, 1.807) is 49.2 Å². The third-order valence-corrected chi connectivity index (χ3v) is 4.99. The topological polar surface area (TPSA) is 89.8 Å². The fourth-order valence-corrected chi connectivity index (χ4v) is 3.58. The van der Waals surface area contributed by atoms with E-state index in [1.165, 1.54) is 6.20 Å². The molecule has 124 valence electrons. The Hall–Kier alpha value is -2.74. The molecule has 0 bridgehead atoms. The Bertz CT molecular complexity index is 995. The predicted octanol–water partition coefficient (Wildman–Crippen LogP) is 2.29. The van der Waals surface area contributed by atoms with Crippen molar-refractivity contribution in [2.45, 2.75) is 18.7 Å². The number of aromatic nitrogens is 4. The molecule has 0 saturated carbocycles. The summed E-state index contributed by atoms with van der Waals surface area (Å²) in [7, 11) is -1.96. The minimum atomic E-state index is -3.76. The summed E-state index contributed by atoms with van der Waals surface area (Å²) < 4.78 is 29.3. The van der Waals surface area contributed by atoms with Crippen LogP contribution in [-0.4, -0.2) is 28.2 Å². The number of nitrogens with one attached hydrogen (secondary N) is 1. The second-order valence-corrected chi connectivity index (χ2v) is 7.19. The quantitative estimate of drug-likeness (QED) is 0.785. The van der Waals surface area contributed by atoms with Gasteiger partial charge >= 0.3 is 0 Å². The van der Waals surface area contributed by atoms with Gasteiger partial charge in [-0.05, 0) is 37.1 Å². The highest BCUT2D eigenvalue weighted by Crippen LogP contribution is 2.21. The second-order valence-electron chi connectivity index (χ2n) is 5.54. The lowest BCUT2D eigenvalue weighted by Crippen LogP contribution is -2.16. The maximum absolute atomic E-state index is 12.6. The number of nitrogens with zero attached hydrogens (tertiary/aromatic N) is 4. The van der Waals surface area contributed by atoms with Crippen LogP contribution in [0.4, 0.5) is 5.95 Å². The minimum absolute atomic E-state index is 0.0252. The number of aryl methyl sites for hydroxylation is 3. The third kappa shape index (κ3) is 3.28. The first-order valence-electron chi connectivity index (χ1n) is 7.27. The fourth-order valence-electron chi connectivity index (χ4n) is 2.29. The summed E-state index contributed by atoms with van der Waals surface area (Å²) in [6.07, 6.45) is 4.97. The van der Waals surface area contributed by atoms with Crippen molar-refractivity contribution in [1.29, 1.82) is 0 Å². The zero-order valence-corrected chi connectivity index (χ0v) is 14.4. The summed E-state index contributed by atoms with van der Waals surface area (Å²) in [5.41, 5.74) is 2.91. The van der Waals surface area contributed by atoms with Crippen molar-refractivity contribution in [2.75, 3.05) is 4.72 Å². The van der Waals surface area contributed by atoms with E-state index in [4.69, 9.17) is 0 Å². The van der Waals surface area contributed by atoms with Gasteiger partial charge in [0.05, 0.1) is 16.8 Å². The van der Waals surface area contributed by atoms with Crippen molar-refractivity contribution in [3.05, 3.63) is 54.0 Å². The molecular weight excluding hydrogens is 326 g/mol. The fraction of sp³-hybridized carbons (Fsp3) is 0.188. The average molecular weight is 343 g/mol. The van der Waals surface area contributed by atoms with Gasteiger partial charge in [0, 0.05) is 25.0 Å². The molecule has 0 spiro atoms. The highest BCUT2D eigenvalue weighted by atomic mass is 32.2. The summed E-state index contributed by atoms with van der Waals surface area (Å²) in [5.74, 6) is 0.0252. The number of rotatable bonds is 4. The maximum atomic E-state index is 12.6. The van der Waals surface area contributed by atoms with E-state index in [0.29, 0.717) is 11.3 Å². The van der Waals surface area contributed by atoms with Gasteiger partial charge in [0.1, 0.15) is 0 Å². The van der Waals surface area contributed by atoms with Crippen molar-refractivity contribution < 1.29 is 8.42 Å². The lowest BCUT2D eigenvalue weighted by molar-refractivity contribution is 0.600. The van der Waals surface area contributed by atoms with Crippen molar-refractivity contribution in [1.82, 2.24) is 19.7 Å². The standard InChI is InChI=1S/C16H17N5O2S/c1-11-4-5-12(2)15(8-11)24(22,23)20-16-17-7-6-14(19-16)13-9-18-21(3)10-13/h4-10H,1-3H3,(H,17,19,20). The van der Waals surface area contributed by atoms with E-state index in [0.717, 1.165) is 11.1 Å². The molecule has 0 aliphatic rings. The third-order valence-electron chi connectivity index (χ3n) is 3.52. The first-order valence-corrected chi connectivity index (χ1v) is 8.75.